The maximum absolute atomic E-state index is 13.1. The van der Waals surface area contributed by atoms with Crippen LogP contribution in [0.15, 0.2) is 12.1 Å². The standard InChI is InChI=1S/C21H32ClN3O3/c1-5-15-9-10-18(22)17(6-2)19(15)24-21(27)25-13-16(8-7-14(25)3)20(26)23-11-12-28-4/h9-10,14,16H,5-8,11-13H2,1-4H3,(H,23,26)(H,24,27)/t14-,16+/m0/s1. The van der Waals surface area contributed by atoms with Crippen LogP contribution in [-0.4, -0.2) is 49.7 Å². The van der Waals surface area contributed by atoms with Gasteiger partial charge in [0.05, 0.1) is 18.2 Å². The second kappa shape index (κ2) is 10.7. The van der Waals surface area contributed by atoms with Crippen molar-refractivity contribution < 1.29 is 14.3 Å². The molecule has 0 radical (unpaired) electrons. The Hall–Kier alpha value is -1.79. The number of nitrogens with zero attached hydrogens (tertiary/aromatic N) is 1. The van der Waals surface area contributed by atoms with E-state index < -0.39 is 0 Å². The van der Waals surface area contributed by atoms with Gasteiger partial charge in [0.2, 0.25) is 5.91 Å². The van der Waals surface area contributed by atoms with Crippen molar-refractivity contribution in [2.24, 2.45) is 5.92 Å². The Balaban J connectivity index is 2.12. The first-order valence-corrected chi connectivity index (χ1v) is 10.4. The average molecular weight is 410 g/mol. The van der Waals surface area contributed by atoms with E-state index in [4.69, 9.17) is 16.3 Å². The van der Waals surface area contributed by atoms with E-state index in [9.17, 15) is 9.59 Å². The van der Waals surface area contributed by atoms with E-state index in [0.717, 1.165) is 42.5 Å². The maximum atomic E-state index is 13.1. The summed E-state index contributed by atoms with van der Waals surface area (Å²) < 4.78 is 4.98. The summed E-state index contributed by atoms with van der Waals surface area (Å²) in [6.45, 7) is 7.49. The first-order valence-electron chi connectivity index (χ1n) is 10.1. The summed E-state index contributed by atoms with van der Waals surface area (Å²) in [5.74, 6) is -0.220. The lowest BCUT2D eigenvalue weighted by Crippen LogP contribution is -2.51. The Morgan fingerprint density at radius 2 is 2.00 bits per heavy atom. The summed E-state index contributed by atoms with van der Waals surface area (Å²) in [4.78, 5) is 27.3. The number of aryl methyl sites for hydroxylation is 1. The molecule has 3 amide bonds. The number of carbonyl (C=O) groups is 2. The molecular weight excluding hydrogens is 378 g/mol. The largest absolute Gasteiger partial charge is 0.383 e. The third-order valence-electron chi connectivity index (χ3n) is 5.43. The normalized spacial score (nSPS) is 19.4. The number of likely N-dealkylation sites (tertiary alicyclic amines) is 1. The molecule has 28 heavy (non-hydrogen) atoms. The number of piperidine rings is 1. The monoisotopic (exact) mass is 409 g/mol. The molecule has 2 rings (SSSR count). The number of carbonyl (C=O) groups excluding carboxylic acids is 2. The lowest BCUT2D eigenvalue weighted by molar-refractivity contribution is -0.126. The summed E-state index contributed by atoms with van der Waals surface area (Å²) in [7, 11) is 1.60. The summed E-state index contributed by atoms with van der Waals surface area (Å²) in [6, 6.07) is 3.76. The Labute approximate surface area is 172 Å². The molecule has 1 aromatic carbocycles. The van der Waals surface area contributed by atoms with Crippen LogP contribution < -0.4 is 10.6 Å². The highest BCUT2D eigenvalue weighted by atomic mass is 35.5. The smallest absolute Gasteiger partial charge is 0.322 e. The predicted molar refractivity (Wildman–Crippen MR) is 113 cm³/mol. The minimum absolute atomic E-state index is 0.0204. The molecule has 1 aromatic rings. The highest BCUT2D eigenvalue weighted by Crippen LogP contribution is 2.31. The molecule has 6 nitrogen and oxygen atoms in total. The van der Waals surface area contributed by atoms with Gasteiger partial charge in [-0.1, -0.05) is 31.5 Å². The molecule has 156 valence electrons. The summed E-state index contributed by atoms with van der Waals surface area (Å²) >= 11 is 6.35. The van der Waals surface area contributed by atoms with Crippen molar-refractivity contribution in [1.82, 2.24) is 10.2 Å². The third-order valence-corrected chi connectivity index (χ3v) is 5.78. The minimum Gasteiger partial charge on any atom is -0.383 e. The van der Waals surface area contributed by atoms with Gasteiger partial charge in [0.15, 0.2) is 0 Å². The molecule has 1 fully saturated rings. The number of halogens is 1. The van der Waals surface area contributed by atoms with Crippen LogP contribution in [-0.2, 0) is 22.4 Å². The summed E-state index contributed by atoms with van der Waals surface area (Å²) in [5.41, 5.74) is 2.82. The number of amides is 3. The van der Waals surface area contributed by atoms with Crippen molar-refractivity contribution in [2.75, 3.05) is 32.1 Å². The molecule has 0 aliphatic carbocycles. The zero-order valence-electron chi connectivity index (χ0n) is 17.3. The average Bonchev–Trinajstić information content (AvgIpc) is 2.68. The zero-order chi connectivity index (χ0) is 20.7. The van der Waals surface area contributed by atoms with Crippen LogP contribution in [0.2, 0.25) is 5.02 Å². The number of hydrogen-bond donors (Lipinski definition) is 2. The van der Waals surface area contributed by atoms with Gasteiger partial charge in [-0.15, -0.1) is 0 Å². The maximum Gasteiger partial charge on any atom is 0.322 e. The number of anilines is 1. The van der Waals surface area contributed by atoms with Crippen molar-refractivity contribution in [3.63, 3.8) is 0 Å². The van der Waals surface area contributed by atoms with E-state index in [1.807, 2.05) is 26.0 Å². The highest BCUT2D eigenvalue weighted by Gasteiger charge is 2.33. The SMILES string of the molecule is CCc1ccc(Cl)c(CC)c1NC(=O)N1C[C@H](C(=O)NCCOC)CC[C@@H]1C. The number of nitrogens with one attached hydrogen (secondary N) is 2. The first kappa shape index (κ1) is 22.5. The van der Waals surface area contributed by atoms with E-state index in [-0.39, 0.29) is 23.9 Å². The van der Waals surface area contributed by atoms with Crippen LogP contribution >= 0.6 is 11.6 Å². The molecule has 7 heteroatoms. The van der Waals surface area contributed by atoms with Gasteiger partial charge in [0.1, 0.15) is 0 Å². The van der Waals surface area contributed by atoms with Crippen LogP contribution in [0.3, 0.4) is 0 Å². The Bertz CT molecular complexity index is 696. The lowest BCUT2D eigenvalue weighted by atomic mass is 9.93. The van der Waals surface area contributed by atoms with Crippen molar-refractivity contribution in [3.05, 3.63) is 28.3 Å². The van der Waals surface area contributed by atoms with Gasteiger partial charge in [-0.05, 0) is 49.8 Å². The Morgan fingerprint density at radius 3 is 2.64 bits per heavy atom. The van der Waals surface area contributed by atoms with Gasteiger partial charge in [-0.3, -0.25) is 4.79 Å². The van der Waals surface area contributed by atoms with Crippen molar-refractivity contribution in [3.8, 4) is 0 Å². The quantitative estimate of drug-likeness (QED) is 0.672. The Kier molecular flexibility index (Phi) is 8.58. The fraction of sp³-hybridized carbons (Fsp3) is 0.619. The van der Waals surface area contributed by atoms with Crippen molar-refractivity contribution in [1.29, 1.82) is 0 Å². The molecule has 0 spiro atoms. The second-order valence-electron chi connectivity index (χ2n) is 7.26. The molecule has 1 saturated heterocycles. The molecular formula is C21H32ClN3O3. The van der Waals surface area contributed by atoms with E-state index in [1.165, 1.54) is 0 Å². The van der Waals surface area contributed by atoms with Crippen LogP contribution in [0.5, 0.6) is 0 Å². The molecule has 0 saturated carbocycles. The number of rotatable bonds is 7. The van der Waals surface area contributed by atoms with E-state index >= 15 is 0 Å². The molecule has 1 aliphatic heterocycles. The van der Waals surface area contributed by atoms with Gasteiger partial charge in [-0.2, -0.15) is 0 Å². The fourth-order valence-electron chi connectivity index (χ4n) is 3.67. The topological polar surface area (TPSA) is 70.7 Å². The van der Waals surface area contributed by atoms with Crippen LogP contribution in [0.25, 0.3) is 0 Å². The Morgan fingerprint density at radius 1 is 1.25 bits per heavy atom. The van der Waals surface area contributed by atoms with E-state index in [1.54, 1.807) is 12.0 Å². The number of ether oxygens (including phenoxy) is 1. The minimum atomic E-state index is -0.200. The van der Waals surface area contributed by atoms with E-state index in [2.05, 4.69) is 17.6 Å². The van der Waals surface area contributed by atoms with Gasteiger partial charge in [0.25, 0.3) is 0 Å². The summed E-state index contributed by atoms with van der Waals surface area (Å²) in [6.07, 6.45) is 3.12. The number of hydrogen-bond acceptors (Lipinski definition) is 3. The van der Waals surface area contributed by atoms with Crippen molar-refractivity contribution in [2.45, 2.75) is 52.5 Å². The number of urea groups is 1. The predicted octanol–water partition coefficient (Wildman–Crippen LogP) is 3.86. The van der Waals surface area contributed by atoms with Crippen molar-refractivity contribution >= 4 is 29.2 Å². The zero-order valence-corrected chi connectivity index (χ0v) is 18.1. The molecule has 1 heterocycles. The van der Waals surface area contributed by atoms with Gasteiger partial charge >= 0.3 is 6.03 Å². The third kappa shape index (κ3) is 5.39. The molecule has 1 aliphatic rings. The fourth-order valence-corrected chi connectivity index (χ4v) is 3.96. The van der Waals surface area contributed by atoms with Crippen LogP contribution in [0.1, 0.15) is 44.7 Å². The highest BCUT2D eigenvalue weighted by molar-refractivity contribution is 6.32. The molecule has 0 unspecified atom stereocenters. The van der Waals surface area contributed by atoms with Crippen LogP contribution in [0, 0.1) is 5.92 Å². The molecule has 0 aromatic heterocycles. The molecule has 2 N–H and O–H groups in total. The van der Waals surface area contributed by atoms with Gasteiger partial charge in [-0.25, -0.2) is 4.79 Å². The number of benzene rings is 1. The second-order valence-corrected chi connectivity index (χ2v) is 7.66. The summed E-state index contributed by atoms with van der Waals surface area (Å²) in [5, 5.41) is 6.63. The first-order chi connectivity index (χ1) is 13.4. The lowest BCUT2D eigenvalue weighted by Gasteiger charge is -2.37. The number of methoxy groups -OCH3 is 1. The molecule has 0 bridgehead atoms. The van der Waals surface area contributed by atoms with Crippen LogP contribution in [0.4, 0.5) is 10.5 Å². The molecule has 2 atom stereocenters. The van der Waals surface area contributed by atoms with Gasteiger partial charge < -0.3 is 20.3 Å². The van der Waals surface area contributed by atoms with Gasteiger partial charge in [0, 0.05) is 31.3 Å². The van der Waals surface area contributed by atoms with E-state index in [0.29, 0.717) is 24.7 Å².